The van der Waals surface area contributed by atoms with Gasteiger partial charge in [0.1, 0.15) is 0 Å². The Labute approximate surface area is 188 Å². The lowest BCUT2D eigenvalue weighted by Gasteiger charge is -2.18. The Morgan fingerprint density at radius 3 is 2.56 bits per heavy atom. The molecular weight excluding hydrogens is 426 g/mol. The predicted octanol–water partition coefficient (Wildman–Crippen LogP) is 2.95. The van der Waals surface area contributed by atoms with Crippen LogP contribution in [-0.2, 0) is 16.6 Å². The van der Waals surface area contributed by atoms with E-state index in [9.17, 15) is 13.2 Å². The fourth-order valence-electron chi connectivity index (χ4n) is 3.37. The van der Waals surface area contributed by atoms with Crippen molar-refractivity contribution in [1.29, 1.82) is 5.26 Å². The number of nitrogens with one attached hydrogen (secondary N) is 1. The number of carbonyl (C=O) groups excluding carboxylic acids is 1. The van der Waals surface area contributed by atoms with Gasteiger partial charge in [-0.3, -0.25) is 4.79 Å². The van der Waals surface area contributed by atoms with E-state index in [1.54, 1.807) is 18.0 Å². The largest absolute Gasteiger partial charge is 0.337 e. The molecule has 1 heterocycles. The summed E-state index contributed by atoms with van der Waals surface area (Å²) in [4.78, 5) is 14.6. The summed E-state index contributed by atoms with van der Waals surface area (Å²) in [6.45, 7) is 4.21. The summed E-state index contributed by atoms with van der Waals surface area (Å²) in [5.74, 6) is -0.301. The molecule has 166 valence electrons. The van der Waals surface area contributed by atoms with Crippen LogP contribution in [0.25, 0.3) is 5.69 Å². The maximum absolute atomic E-state index is 13.0. The highest BCUT2D eigenvalue weighted by atomic mass is 32.2. The van der Waals surface area contributed by atoms with Crippen molar-refractivity contribution in [1.82, 2.24) is 19.4 Å². The van der Waals surface area contributed by atoms with Gasteiger partial charge in [-0.15, -0.1) is 0 Å². The first kappa shape index (κ1) is 23.2. The molecule has 0 aliphatic heterocycles. The number of benzene rings is 2. The van der Waals surface area contributed by atoms with Crippen LogP contribution in [0.1, 0.15) is 33.7 Å². The fourth-order valence-corrected chi connectivity index (χ4v) is 4.45. The number of nitriles is 1. The summed E-state index contributed by atoms with van der Waals surface area (Å²) in [6, 6.07) is 17.5. The van der Waals surface area contributed by atoms with Crippen LogP contribution in [0, 0.1) is 25.2 Å². The van der Waals surface area contributed by atoms with E-state index in [0.717, 1.165) is 22.6 Å². The molecule has 0 fully saturated rings. The molecular formula is C23H25N5O3S. The number of hydrogen-bond acceptors (Lipinski definition) is 5. The minimum Gasteiger partial charge on any atom is -0.337 e. The second-order valence-corrected chi connectivity index (χ2v) is 9.16. The first-order valence-corrected chi connectivity index (χ1v) is 11.6. The molecule has 0 aliphatic rings. The summed E-state index contributed by atoms with van der Waals surface area (Å²) in [6.07, 6.45) is 0.0654. The number of carbonyl (C=O) groups is 1. The lowest BCUT2D eigenvalue weighted by molar-refractivity contribution is 0.0784. The lowest BCUT2D eigenvalue weighted by Crippen LogP contribution is -2.28. The summed E-state index contributed by atoms with van der Waals surface area (Å²) in [7, 11) is -2.13. The molecule has 0 saturated carbocycles. The highest BCUT2D eigenvalue weighted by molar-refractivity contribution is 7.89. The van der Waals surface area contributed by atoms with Gasteiger partial charge >= 0.3 is 0 Å². The zero-order chi connectivity index (χ0) is 23.3. The second kappa shape index (κ2) is 9.77. The van der Waals surface area contributed by atoms with Gasteiger partial charge in [0.25, 0.3) is 5.91 Å². The molecule has 8 nitrogen and oxygen atoms in total. The van der Waals surface area contributed by atoms with E-state index >= 15 is 0 Å². The molecule has 2 aromatic carbocycles. The zero-order valence-electron chi connectivity index (χ0n) is 18.2. The zero-order valence-corrected chi connectivity index (χ0v) is 19.1. The average molecular weight is 452 g/mol. The van der Waals surface area contributed by atoms with Gasteiger partial charge in [0, 0.05) is 43.4 Å². The van der Waals surface area contributed by atoms with Gasteiger partial charge in [-0.05, 0) is 44.2 Å². The first-order chi connectivity index (χ1) is 15.2. The third-order valence-corrected chi connectivity index (χ3v) is 6.56. The molecule has 0 saturated heterocycles. The van der Waals surface area contributed by atoms with Crippen LogP contribution < -0.4 is 4.72 Å². The fraction of sp³-hybridized carbons (Fsp3) is 0.261. The molecule has 0 aliphatic carbocycles. The van der Waals surface area contributed by atoms with Gasteiger partial charge in [0.05, 0.1) is 22.3 Å². The van der Waals surface area contributed by atoms with Crippen molar-refractivity contribution in [3.63, 3.8) is 0 Å². The molecule has 3 rings (SSSR count). The number of rotatable bonds is 8. The first-order valence-electron chi connectivity index (χ1n) is 10.1. The van der Waals surface area contributed by atoms with Crippen LogP contribution in [0.15, 0.2) is 59.5 Å². The summed E-state index contributed by atoms with van der Waals surface area (Å²) >= 11 is 0. The van der Waals surface area contributed by atoms with Crippen molar-refractivity contribution in [3.05, 3.63) is 77.1 Å². The molecule has 0 bridgehead atoms. The highest BCUT2D eigenvalue weighted by Gasteiger charge is 2.20. The van der Waals surface area contributed by atoms with Crippen molar-refractivity contribution < 1.29 is 13.2 Å². The number of aryl methyl sites for hydroxylation is 1. The SMILES string of the molecule is Cc1nn(-c2ccccc2)c(C)c1CN(C)C(=O)c1cccc(S(=O)(=O)NCCC#N)c1. The molecule has 0 spiro atoms. The van der Waals surface area contributed by atoms with Crippen LogP contribution in [0.4, 0.5) is 0 Å². The third-order valence-electron chi connectivity index (χ3n) is 5.10. The predicted molar refractivity (Wildman–Crippen MR) is 121 cm³/mol. The Morgan fingerprint density at radius 1 is 1.16 bits per heavy atom. The molecule has 0 unspecified atom stereocenters. The molecule has 1 amide bonds. The molecule has 0 atom stereocenters. The minimum absolute atomic E-state index is 0.0147. The van der Waals surface area contributed by atoms with Gasteiger partial charge in [0.15, 0.2) is 0 Å². The van der Waals surface area contributed by atoms with Gasteiger partial charge in [0.2, 0.25) is 10.0 Å². The Bertz CT molecular complexity index is 1260. The minimum atomic E-state index is -3.80. The Hall–Kier alpha value is -3.48. The summed E-state index contributed by atoms with van der Waals surface area (Å²) in [5, 5.41) is 13.2. The van der Waals surface area contributed by atoms with Crippen LogP contribution in [-0.4, -0.2) is 42.6 Å². The van der Waals surface area contributed by atoms with E-state index in [1.807, 2.05) is 54.9 Å². The topological polar surface area (TPSA) is 108 Å². The van der Waals surface area contributed by atoms with Crippen molar-refractivity contribution >= 4 is 15.9 Å². The van der Waals surface area contributed by atoms with Crippen molar-refractivity contribution in [2.24, 2.45) is 0 Å². The van der Waals surface area contributed by atoms with Gasteiger partial charge in [-0.25, -0.2) is 17.8 Å². The van der Waals surface area contributed by atoms with Crippen molar-refractivity contribution in [3.8, 4) is 11.8 Å². The molecule has 9 heteroatoms. The Balaban J connectivity index is 1.80. The van der Waals surface area contributed by atoms with Crippen molar-refractivity contribution in [2.75, 3.05) is 13.6 Å². The van der Waals surface area contributed by atoms with E-state index in [4.69, 9.17) is 5.26 Å². The van der Waals surface area contributed by atoms with E-state index < -0.39 is 10.0 Å². The molecule has 32 heavy (non-hydrogen) atoms. The van der Waals surface area contributed by atoms with Crippen LogP contribution >= 0.6 is 0 Å². The van der Waals surface area contributed by atoms with E-state index in [-0.39, 0.29) is 29.3 Å². The van der Waals surface area contributed by atoms with Gasteiger partial charge < -0.3 is 4.90 Å². The maximum atomic E-state index is 13.0. The van der Waals surface area contributed by atoms with Crippen molar-refractivity contribution in [2.45, 2.75) is 31.7 Å². The number of amides is 1. The quantitative estimate of drug-likeness (QED) is 0.530. The number of sulfonamides is 1. The smallest absolute Gasteiger partial charge is 0.253 e. The van der Waals surface area contributed by atoms with E-state index in [1.165, 1.54) is 18.2 Å². The van der Waals surface area contributed by atoms with Gasteiger partial charge in [-0.1, -0.05) is 24.3 Å². The number of hydrogen-bond donors (Lipinski definition) is 1. The maximum Gasteiger partial charge on any atom is 0.253 e. The Morgan fingerprint density at radius 2 is 1.88 bits per heavy atom. The summed E-state index contributed by atoms with van der Waals surface area (Å²) < 4.78 is 29.0. The molecule has 1 N–H and O–H groups in total. The number of aromatic nitrogens is 2. The average Bonchev–Trinajstić information content (AvgIpc) is 3.07. The standard InChI is InChI=1S/C23H25N5O3S/c1-17-22(18(2)28(26-17)20-10-5-4-6-11-20)16-27(3)23(29)19-9-7-12-21(15-19)32(30,31)25-14-8-13-24/h4-7,9-12,15,25H,8,14,16H2,1-3H3. The molecule has 3 aromatic rings. The summed E-state index contributed by atoms with van der Waals surface area (Å²) in [5.41, 5.74) is 3.90. The van der Waals surface area contributed by atoms with Gasteiger partial charge in [-0.2, -0.15) is 10.4 Å². The van der Waals surface area contributed by atoms with Crippen LogP contribution in [0.2, 0.25) is 0 Å². The normalized spacial score (nSPS) is 11.2. The number of para-hydroxylation sites is 1. The highest BCUT2D eigenvalue weighted by Crippen LogP contribution is 2.20. The molecule has 1 aromatic heterocycles. The van der Waals surface area contributed by atoms with Crippen LogP contribution in [0.3, 0.4) is 0 Å². The van der Waals surface area contributed by atoms with E-state index in [2.05, 4.69) is 9.82 Å². The Kier molecular flexibility index (Phi) is 7.08. The molecule has 0 radical (unpaired) electrons. The second-order valence-electron chi connectivity index (χ2n) is 7.39. The van der Waals surface area contributed by atoms with E-state index in [0.29, 0.717) is 6.54 Å². The monoisotopic (exact) mass is 451 g/mol. The lowest BCUT2D eigenvalue weighted by atomic mass is 10.1. The number of nitrogens with zero attached hydrogens (tertiary/aromatic N) is 4. The third kappa shape index (κ3) is 5.04. The van der Waals surface area contributed by atoms with Crippen LogP contribution in [0.5, 0.6) is 0 Å².